The van der Waals surface area contributed by atoms with E-state index >= 15 is 0 Å². The summed E-state index contributed by atoms with van der Waals surface area (Å²) in [5, 5.41) is 3.83. The number of halogens is 2. The van der Waals surface area contributed by atoms with Crippen LogP contribution in [0, 0.1) is 6.92 Å². The summed E-state index contributed by atoms with van der Waals surface area (Å²) in [5.74, 6) is 0.0988. The van der Waals surface area contributed by atoms with Gasteiger partial charge in [-0.1, -0.05) is 29.8 Å². The highest BCUT2D eigenvalue weighted by Gasteiger charge is 2.29. The third-order valence-corrected chi connectivity index (χ3v) is 5.70. The van der Waals surface area contributed by atoms with E-state index in [1.165, 1.54) is 12.4 Å². The van der Waals surface area contributed by atoms with Crippen molar-refractivity contribution in [2.45, 2.75) is 45.0 Å². The van der Waals surface area contributed by atoms with E-state index in [1.807, 2.05) is 43.0 Å². The van der Waals surface area contributed by atoms with E-state index in [0.29, 0.717) is 31.6 Å². The Morgan fingerprint density at radius 1 is 1.17 bits per heavy atom. The van der Waals surface area contributed by atoms with Gasteiger partial charge in [0, 0.05) is 24.7 Å². The lowest BCUT2D eigenvalue weighted by atomic mass is 9.91. The average molecular weight is 399 g/mol. The van der Waals surface area contributed by atoms with Crippen LogP contribution in [0.3, 0.4) is 0 Å². The molecule has 1 aliphatic heterocycles. The number of carbonyl (C=O) groups is 1. The maximum atomic E-state index is 13.4. The summed E-state index contributed by atoms with van der Waals surface area (Å²) in [5.41, 5.74) is 2.56. The van der Waals surface area contributed by atoms with E-state index in [2.05, 4.69) is 15.1 Å². The number of aromatic nitrogens is 4. The van der Waals surface area contributed by atoms with E-state index in [1.54, 1.807) is 0 Å². The summed E-state index contributed by atoms with van der Waals surface area (Å²) in [6, 6.07) is 9.43. The van der Waals surface area contributed by atoms with Crippen LogP contribution in [0.4, 0.5) is 8.78 Å². The number of aryl methyl sites for hydroxylation is 1. The molecule has 3 heterocycles. The molecule has 1 aliphatic rings. The molecule has 0 N–H and O–H groups in total. The number of hydrogen-bond acceptors (Lipinski definition) is 4. The van der Waals surface area contributed by atoms with Crippen molar-refractivity contribution >= 4 is 11.7 Å². The molecule has 6 nitrogen and oxygen atoms in total. The smallest absolute Gasteiger partial charge is 0.280 e. The maximum absolute atomic E-state index is 13.4. The Kier molecular flexibility index (Phi) is 5.25. The van der Waals surface area contributed by atoms with Crippen LogP contribution in [0.25, 0.3) is 5.78 Å². The molecule has 4 rings (SSSR count). The molecule has 0 spiro atoms. The molecule has 0 radical (unpaired) electrons. The summed E-state index contributed by atoms with van der Waals surface area (Å²) in [6.45, 7) is 5.12. The third-order valence-electron chi connectivity index (χ3n) is 5.70. The van der Waals surface area contributed by atoms with Gasteiger partial charge < -0.3 is 4.90 Å². The Balaban J connectivity index is 1.46. The molecule has 152 valence electrons. The number of benzene rings is 1. The predicted octanol–water partition coefficient (Wildman–Crippen LogP) is 3.88. The zero-order chi connectivity index (χ0) is 20.5. The van der Waals surface area contributed by atoms with Crippen LogP contribution in [0.2, 0.25) is 0 Å². The highest BCUT2D eigenvalue weighted by molar-refractivity contribution is 5.83. The lowest BCUT2D eigenvalue weighted by Gasteiger charge is -2.33. The zero-order valence-electron chi connectivity index (χ0n) is 16.4. The van der Waals surface area contributed by atoms with Crippen molar-refractivity contribution in [3.63, 3.8) is 0 Å². The summed E-state index contributed by atoms with van der Waals surface area (Å²) >= 11 is 0. The van der Waals surface area contributed by atoms with Crippen molar-refractivity contribution in [1.82, 2.24) is 24.5 Å². The van der Waals surface area contributed by atoms with E-state index in [0.717, 1.165) is 15.6 Å². The molecule has 3 aromatic rings. The number of alkyl halides is 2. The van der Waals surface area contributed by atoms with Gasteiger partial charge >= 0.3 is 0 Å². The van der Waals surface area contributed by atoms with Crippen LogP contribution in [0.1, 0.15) is 60.5 Å². The Morgan fingerprint density at radius 3 is 2.52 bits per heavy atom. The van der Waals surface area contributed by atoms with Gasteiger partial charge in [-0.2, -0.15) is 14.6 Å². The molecule has 0 unspecified atom stereocenters. The van der Waals surface area contributed by atoms with Gasteiger partial charge in [-0.3, -0.25) is 4.79 Å². The second kappa shape index (κ2) is 7.85. The number of amides is 1. The third kappa shape index (κ3) is 3.83. The minimum absolute atomic E-state index is 0.0212. The van der Waals surface area contributed by atoms with Crippen molar-refractivity contribution in [2.75, 3.05) is 13.1 Å². The summed E-state index contributed by atoms with van der Waals surface area (Å²) in [6.07, 6.45) is -0.0530. The number of rotatable bonds is 4. The van der Waals surface area contributed by atoms with Crippen LogP contribution >= 0.6 is 0 Å². The van der Waals surface area contributed by atoms with Gasteiger partial charge in [0.15, 0.2) is 0 Å². The first-order valence-corrected chi connectivity index (χ1v) is 9.78. The summed E-state index contributed by atoms with van der Waals surface area (Å²) in [7, 11) is 0. The first-order chi connectivity index (χ1) is 13.9. The monoisotopic (exact) mass is 399 g/mol. The van der Waals surface area contributed by atoms with E-state index in [-0.39, 0.29) is 29.2 Å². The van der Waals surface area contributed by atoms with Gasteiger partial charge in [0.25, 0.3) is 12.2 Å². The molecule has 2 aromatic heterocycles. The van der Waals surface area contributed by atoms with E-state index < -0.39 is 6.43 Å². The average Bonchev–Trinajstić information content (AvgIpc) is 3.21. The topological polar surface area (TPSA) is 63.4 Å². The predicted molar refractivity (Wildman–Crippen MR) is 104 cm³/mol. The second-order valence-electron chi connectivity index (χ2n) is 7.61. The number of hydrogen-bond donors (Lipinski definition) is 0. The molecule has 1 aromatic carbocycles. The van der Waals surface area contributed by atoms with Crippen LogP contribution in [-0.4, -0.2) is 43.5 Å². The van der Waals surface area contributed by atoms with Gasteiger partial charge in [-0.05, 0) is 38.3 Å². The largest absolute Gasteiger partial charge is 0.342 e. The highest BCUT2D eigenvalue weighted by atomic mass is 19.3. The quantitative estimate of drug-likeness (QED) is 0.668. The zero-order valence-corrected chi connectivity index (χ0v) is 16.4. The number of fused-ring (bicyclic) bond motifs is 1. The fourth-order valence-electron chi connectivity index (χ4n) is 3.89. The number of likely N-dealkylation sites (tertiary alicyclic amines) is 1. The molecule has 8 heteroatoms. The fraction of sp³-hybridized carbons (Fsp3) is 0.429. The molecule has 1 saturated heterocycles. The molecule has 0 aliphatic carbocycles. The number of nitrogens with zero attached hydrogens (tertiary/aromatic N) is 5. The van der Waals surface area contributed by atoms with Gasteiger partial charge in [0.2, 0.25) is 5.91 Å². The van der Waals surface area contributed by atoms with Crippen LogP contribution in [0.15, 0.2) is 36.7 Å². The Hall–Kier alpha value is -2.90. The molecular weight excluding hydrogens is 376 g/mol. The number of piperidine rings is 1. The summed E-state index contributed by atoms with van der Waals surface area (Å²) < 4.78 is 27.9. The Morgan fingerprint density at radius 2 is 1.86 bits per heavy atom. The maximum Gasteiger partial charge on any atom is 0.280 e. The SMILES string of the molecule is Cc1ccc([C@@H](C)C(=O)N2CCC(c3cc(C(F)F)n4ncnc4n3)CC2)cc1. The molecule has 29 heavy (non-hydrogen) atoms. The first kappa shape index (κ1) is 19.4. The number of carbonyl (C=O) groups excluding carboxylic acids is 1. The molecular formula is C21H23F2N5O. The molecule has 1 amide bonds. The minimum atomic E-state index is -2.65. The Bertz CT molecular complexity index is 1010. The van der Waals surface area contributed by atoms with E-state index in [9.17, 15) is 13.6 Å². The van der Waals surface area contributed by atoms with E-state index in [4.69, 9.17) is 0 Å². The second-order valence-corrected chi connectivity index (χ2v) is 7.61. The minimum Gasteiger partial charge on any atom is -0.342 e. The van der Waals surface area contributed by atoms with Crippen molar-refractivity contribution in [2.24, 2.45) is 0 Å². The van der Waals surface area contributed by atoms with Crippen LogP contribution in [0.5, 0.6) is 0 Å². The van der Waals surface area contributed by atoms with Crippen molar-refractivity contribution in [3.05, 3.63) is 59.2 Å². The first-order valence-electron chi connectivity index (χ1n) is 9.78. The lowest BCUT2D eigenvalue weighted by Crippen LogP contribution is -2.40. The molecule has 1 atom stereocenters. The van der Waals surface area contributed by atoms with Gasteiger partial charge in [-0.15, -0.1) is 0 Å². The van der Waals surface area contributed by atoms with Gasteiger partial charge in [-0.25, -0.2) is 13.8 Å². The van der Waals surface area contributed by atoms with Crippen molar-refractivity contribution in [1.29, 1.82) is 0 Å². The van der Waals surface area contributed by atoms with Gasteiger partial charge in [0.05, 0.1) is 5.92 Å². The van der Waals surface area contributed by atoms with Crippen molar-refractivity contribution in [3.8, 4) is 0 Å². The fourth-order valence-corrected chi connectivity index (χ4v) is 3.89. The van der Waals surface area contributed by atoms with Crippen LogP contribution < -0.4 is 0 Å². The van der Waals surface area contributed by atoms with Crippen LogP contribution in [-0.2, 0) is 4.79 Å². The van der Waals surface area contributed by atoms with Gasteiger partial charge in [0.1, 0.15) is 12.0 Å². The summed E-state index contributed by atoms with van der Waals surface area (Å²) in [4.78, 5) is 23.1. The molecule has 0 bridgehead atoms. The normalized spacial score (nSPS) is 16.5. The highest BCUT2D eigenvalue weighted by Crippen LogP contribution is 2.31. The molecule has 1 fully saturated rings. The van der Waals surface area contributed by atoms with Crippen molar-refractivity contribution < 1.29 is 13.6 Å². The molecule has 0 saturated carbocycles. The Labute approximate surface area is 167 Å². The lowest BCUT2D eigenvalue weighted by molar-refractivity contribution is -0.133. The standard InChI is InChI=1S/C21H23F2N5O/c1-13-3-5-15(6-4-13)14(2)20(29)27-9-7-16(8-10-27)17-11-18(19(22)23)28-21(26-17)24-12-25-28/h3-6,11-12,14,16,19H,7-10H2,1-2H3/t14-/m1/s1.